The summed E-state index contributed by atoms with van der Waals surface area (Å²) in [6, 6.07) is 11.8. The molecular formula is C14H13NO. The molecule has 2 nitrogen and oxygen atoms in total. The van der Waals surface area contributed by atoms with Crippen molar-refractivity contribution in [1.29, 1.82) is 0 Å². The van der Waals surface area contributed by atoms with Crippen LogP contribution in [0.5, 0.6) is 0 Å². The summed E-state index contributed by atoms with van der Waals surface area (Å²) in [7, 11) is 0. The van der Waals surface area contributed by atoms with E-state index in [4.69, 9.17) is 0 Å². The van der Waals surface area contributed by atoms with Crippen molar-refractivity contribution < 1.29 is 0 Å². The summed E-state index contributed by atoms with van der Waals surface area (Å²) in [5.41, 5.74) is 4.76. The minimum absolute atomic E-state index is 0.0976. The van der Waals surface area contributed by atoms with Crippen molar-refractivity contribution in [2.24, 2.45) is 0 Å². The Bertz CT molecular complexity index is 610. The third-order valence-corrected chi connectivity index (χ3v) is 3.24. The zero-order valence-electron chi connectivity index (χ0n) is 9.23. The number of fused-ring (bicyclic) bond motifs is 3. The summed E-state index contributed by atoms with van der Waals surface area (Å²) in [6.45, 7) is 2.97. The number of hydrogen-bond acceptors (Lipinski definition) is 1. The van der Waals surface area contributed by atoms with Gasteiger partial charge in [-0.25, -0.2) is 0 Å². The maximum absolute atomic E-state index is 11.6. The predicted molar refractivity (Wildman–Crippen MR) is 64.6 cm³/mol. The highest BCUT2D eigenvalue weighted by Crippen LogP contribution is 2.28. The van der Waals surface area contributed by atoms with E-state index in [2.05, 4.69) is 22.8 Å². The Hall–Kier alpha value is -1.83. The van der Waals surface area contributed by atoms with Crippen molar-refractivity contribution in [2.75, 3.05) is 0 Å². The summed E-state index contributed by atoms with van der Waals surface area (Å²) in [5.74, 6) is 0. The summed E-state index contributed by atoms with van der Waals surface area (Å²) < 4.78 is 2.23. The van der Waals surface area contributed by atoms with Gasteiger partial charge in [0.05, 0.1) is 5.69 Å². The van der Waals surface area contributed by atoms with Crippen LogP contribution in [0.4, 0.5) is 0 Å². The number of hydrogen-bond donors (Lipinski definition) is 0. The van der Waals surface area contributed by atoms with E-state index in [0.29, 0.717) is 0 Å². The summed E-state index contributed by atoms with van der Waals surface area (Å²) >= 11 is 0. The van der Waals surface area contributed by atoms with Gasteiger partial charge >= 0.3 is 0 Å². The van der Waals surface area contributed by atoms with Gasteiger partial charge in [-0.05, 0) is 18.9 Å². The molecule has 2 aromatic rings. The number of rotatable bonds is 0. The third-order valence-electron chi connectivity index (χ3n) is 3.24. The maximum Gasteiger partial charge on any atom is 0.182 e. The molecule has 0 spiro atoms. The van der Waals surface area contributed by atoms with Crippen LogP contribution < -0.4 is 5.43 Å². The number of benzene rings is 1. The van der Waals surface area contributed by atoms with Crippen LogP contribution in [0.25, 0.3) is 11.3 Å². The molecular weight excluding hydrogens is 198 g/mol. The number of nitrogens with zero attached hydrogens (tertiary/aromatic N) is 1. The molecule has 0 unspecified atom stereocenters. The molecule has 0 fully saturated rings. The first kappa shape index (κ1) is 9.40. The van der Waals surface area contributed by atoms with Gasteiger partial charge in [0, 0.05) is 29.9 Å². The molecule has 1 aromatic carbocycles. The molecule has 0 aliphatic carbocycles. The second-order valence-corrected chi connectivity index (χ2v) is 4.28. The van der Waals surface area contributed by atoms with Gasteiger partial charge in [0.25, 0.3) is 0 Å². The van der Waals surface area contributed by atoms with Crippen LogP contribution in [0.2, 0.25) is 0 Å². The molecule has 0 N–H and O–H groups in total. The van der Waals surface area contributed by atoms with Gasteiger partial charge in [0.15, 0.2) is 5.43 Å². The van der Waals surface area contributed by atoms with E-state index in [9.17, 15) is 4.79 Å². The van der Waals surface area contributed by atoms with Crippen molar-refractivity contribution in [3.05, 3.63) is 57.9 Å². The Balaban J connectivity index is 2.36. The zero-order chi connectivity index (χ0) is 11.1. The molecule has 16 heavy (non-hydrogen) atoms. The monoisotopic (exact) mass is 211 g/mol. The van der Waals surface area contributed by atoms with E-state index >= 15 is 0 Å². The Morgan fingerprint density at radius 3 is 2.88 bits per heavy atom. The molecule has 0 bridgehead atoms. The summed E-state index contributed by atoms with van der Waals surface area (Å²) in [5, 5.41) is 0. The molecule has 0 radical (unpaired) electrons. The Morgan fingerprint density at radius 2 is 2.00 bits per heavy atom. The molecule has 0 atom stereocenters. The molecule has 0 saturated carbocycles. The third kappa shape index (κ3) is 1.30. The number of aromatic nitrogens is 1. The second kappa shape index (κ2) is 3.34. The standard InChI is InChI=1S/C14H13NO/c1-10-8-12(16)9-14-13-5-3-2-4-11(13)6-7-15(10)14/h2-5,8-9H,6-7H2,1H3. The van der Waals surface area contributed by atoms with Crippen molar-refractivity contribution >= 4 is 0 Å². The lowest BCUT2D eigenvalue weighted by Crippen LogP contribution is -2.18. The van der Waals surface area contributed by atoms with Crippen LogP contribution in [-0.2, 0) is 13.0 Å². The van der Waals surface area contributed by atoms with Gasteiger partial charge in [-0.3, -0.25) is 4.79 Å². The first-order valence-corrected chi connectivity index (χ1v) is 5.55. The fraction of sp³-hybridized carbons (Fsp3) is 0.214. The SMILES string of the molecule is Cc1cc(=O)cc2n1CCc1ccccc1-2. The normalized spacial score (nSPS) is 13.1. The smallest absolute Gasteiger partial charge is 0.182 e. The van der Waals surface area contributed by atoms with Crippen LogP contribution in [0.1, 0.15) is 11.3 Å². The number of pyridine rings is 1. The molecule has 1 aliphatic heterocycles. The molecule has 1 aromatic heterocycles. The highest BCUT2D eigenvalue weighted by molar-refractivity contribution is 5.65. The summed E-state index contributed by atoms with van der Waals surface area (Å²) in [6.07, 6.45) is 1.05. The molecule has 0 amide bonds. The van der Waals surface area contributed by atoms with Gasteiger partial charge in [-0.15, -0.1) is 0 Å². The molecule has 3 rings (SSSR count). The molecule has 2 heterocycles. The Labute approximate surface area is 94.2 Å². The van der Waals surface area contributed by atoms with Crippen molar-refractivity contribution in [3.63, 3.8) is 0 Å². The average molecular weight is 211 g/mol. The predicted octanol–water partition coefficient (Wildman–Crippen LogP) is 2.38. The fourth-order valence-electron chi connectivity index (χ4n) is 2.47. The first-order valence-electron chi connectivity index (χ1n) is 5.55. The fourth-order valence-corrected chi connectivity index (χ4v) is 2.47. The van der Waals surface area contributed by atoms with Gasteiger partial charge in [-0.2, -0.15) is 0 Å². The van der Waals surface area contributed by atoms with Crippen molar-refractivity contribution in [3.8, 4) is 11.3 Å². The summed E-state index contributed by atoms with van der Waals surface area (Å²) in [4.78, 5) is 11.6. The lowest BCUT2D eigenvalue weighted by molar-refractivity contribution is 0.659. The minimum atomic E-state index is 0.0976. The lowest BCUT2D eigenvalue weighted by atomic mass is 9.97. The van der Waals surface area contributed by atoms with E-state index in [1.165, 1.54) is 11.1 Å². The second-order valence-electron chi connectivity index (χ2n) is 4.28. The van der Waals surface area contributed by atoms with Gasteiger partial charge in [0.1, 0.15) is 0 Å². The van der Waals surface area contributed by atoms with Crippen LogP contribution in [0.15, 0.2) is 41.2 Å². The lowest BCUT2D eigenvalue weighted by Gasteiger charge is -2.23. The molecule has 2 heteroatoms. The van der Waals surface area contributed by atoms with E-state index < -0.39 is 0 Å². The van der Waals surface area contributed by atoms with E-state index in [1.54, 1.807) is 12.1 Å². The van der Waals surface area contributed by atoms with E-state index in [0.717, 1.165) is 24.4 Å². The highest BCUT2D eigenvalue weighted by atomic mass is 16.1. The highest BCUT2D eigenvalue weighted by Gasteiger charge is 2.15. The first-order chi connectivity index (χ1) is 7.75. The molecule has 1 aliphatic rings. The topological polar surface area (TPSA) is 22.0 Å². The minimum Gasteiger partial charge on any atom is -0.344 e. The van der Waals surface area contributed by atoms with Crippen LogP contribution >= 0.6 is 0 Å². The van der Waals surface area contributed by atoms with Crippen LogP contribution in [0.3, 0.4) is 0 Å². The van der Waals surface area contributed by atoms with Gasteiger partial charge in [0.2, 0.25) is 0 Å². The van der Waals surface area contributed by atoms with Crippen LogP contribution in [-0.4, -0.2) is 4.57 Å². The Morgan fingerprint density at radius 1 is 1.19 bits per heavy atom. The Kier molecular flexibility index (Phi) is 1.96. The quantitative estimate of drug-likeness (QED) is 0.655. The average Bonchev–Trinajstić information content (AvgIpc) is 2.28. The van der Waals surface area contributed by atoms with E-state index in [1.807, 2.05) is 13.0 Å². The van der Waals surface area contributed by atoms with Crippen LogP contribution in [0, 0.1) is 6.92 Å². The molecule has 0 saturated heterocycles. The number of aryl methyl sites for hydroxylation is 2. The molecule has 80 valence electrons. The maximum atomic E-state index is 11.6. The van der Waals surface area contributed by atoms with Gasteiger partial charge in [-0.1, -0.05) is 24.3 Å². The largest absolute Gasteiger partial charge is 0.344 e. The van der Waals surface area contributed by atoms with Gasteiger partial charge < -0.3 is 4.57 Å². The zero-order valence-corrected chi connectivity index (χ0v) is 9.23. The van der Waals surface area contributed by atoms with Crippen molar-refractivity contribution in [1.82, 2.24) is 4.57 Å². The van der Waals surface area contributed by atoms with E-state index in [-0.39, 0.29) is 5.43 Å². The van der Waals surface area contributed by atoms with Crippen molar-refractivity contribution in [2.45, 2.75) is 19.9 Å².